The topological polar surface area (TPSA) is 20.2 Å². The Morgan fingerprint density at radius 2 is 1.86 bits per heavy atom. The van der Waals surface area contributed by atoms with Gasteiger partial charge in [-0.1, -0.05) is 33.8 Å². The van der Waals surface area contributed by atoms with Gasteiger partial charge in [-0.2, -0.15) is 0 Å². The standard InChI is InChI=1S/C21H30O/c1-12-9-15-10-16(22)6-7-17(15)19-13(2)11-21(4)14(3)5-8-18(21)20(12)19/h6-7,10,12-14,18-20,22H,5,8-9,11H2,1-4H3. The maximum absolute atomic E-state index is 9.86. The van der Waals surface area contributed by atoms with Crippen LogP contribution in [0.3, 0.4) is 0 Å². The molecule has 0 bridgehead atoms. The van der Waals surface area contributed by atoms with Gasteiger partial charge < -0.3 is 5.11 Å². The second-order valence-corrected chi connectivity index (χ2v) is 8.94. The zero-order valence-electron chi connectivity index (χ0n) is 14.5. The Balaban J connectivity index is 1.81. The highest BCUT2D eigenvalue weighted by molar-refractivity contribution is 5.41. The molecule has 0 aliphatic heterocycles. The fourth-order valence-corrected chi connectivity index (χ4v) is 6.73. The molecule has 0 saturated heterocycles. The van der Waals surface area contributed by atoms with Crippen molar-refractivity contribution in [2.45, 2.75) is 59.3 Å². The van der Waals surface area contributed by atoms with Crippen LogP contribution in [-0.4, -0.2) is 5.11 Å². The molecule has 120 valence electrons. The van der Waals surface area contributed by atoms with Gasteiger partial charge in [0.1, 0.15) is 5.75 Å². The minimum atomic E-state index is 0.437. The van der Waals surface area contributed by atoms with Crippen LogP contribution in [0.1, 0.15) is 64.0 Å². The molecule has 0 spiro atoms. The second-order valence-electron chi connectivity index (χ2n) is 8.94. The Morgan fingerprint density at radius 1 is 1.09 bits per heavy atom. The van der Waals surface area contributed by atoms with Crippen molar-refractivity contribution in [3.63, 3.8) is 0 Å². The van der Waals surface area contributed by atoms with Gasteiger partial charge in [0.2, 0.25) is 0 Å². The quantitative estimate of drug-likeness (QED) is 0.682. The summed E-state index contributed by atoms with van der Waals surface area (Å²) in [5.74, 6) is 5.29. The number of hydrogen-bond donors (Lipinski definition) is 1. The van der Waals surface area contributed by atoms with Crippen LogP contribution in [0.25, 0.3) is 0 Å². The van der Waals surface area contributed by atoms with Crippen molar-refractivity contribution in [2.75, 3.05) is 0 Å². The molecule has 1 N–H and O–H groups in total. The van der Waals surface area contributed by atoms with Crippen molar-refractivity contribution >= 4 is 0 Å². The normalized spacial score (nSPS) is 46.7. The summed E-state index contributed by atoms with van der Waals surface area (Å²) in [6.07, 6.45) is 5.39. The molecule has 3 aliphatic rings. The van der Waals surface area contributed by atoms with Crippen molar-refractivity contribution < 1.29 is 5.11 Å². The summed E-state index contributed by atoms with van der Waals surface area (Å²) in [5.41, 5.74) is 3.52. The first-order valence-corrected chi connectivity index (χ1v) is 9.23. The molecule has 2 fully saturated rings. The van der Waals surface area contributed by atoms with Gasteiger partial charge in [-0.05, 0) is 89.9 Å². The predicted molar refractivity (Wildman–Crippen MR) is 91.0 cm³/mol. The molecule has 22 heavy (non-hydrogen) atoms. The van der Waals surface area contributed by atoms with Crippen LogP contribution in [0.2, 0.25) is 0 Å². The highest BCUT2D eigenvalue weighted by atomic mass is 16.3. The van der Waals surface area contributed by atoms with Crippen LogP contribution in [0.5, 0.6) is 5.75 Å². The summed E-state index contributed by atoms with van der Waals surface area (Å²) in [6, 6.07) is 6.16. The Hall–Kier alpha value is -0.980. The zero-order valence-corrected chi connectivity index (χ0v) is 14.5. The van der Waals surface area contributed by atoms with E-state index in [1.54, 1.807) is 5.56 Å². The average molecular weight is 298 g/mol. The summed E-state index contributed by atoms with van der Waals surface area (Å²) in [4.78, 5) is 0. The second kappa shape index (κ2) is 4.76. The molecule has 1 aromatic rings. The number of hydrogen-bond acceptors (Lipinski definition) is 1. The van der Waals surface area contributed by atoms with E-state index in [9.17, 15) is 5.11 Å². The molecule has 0 radical (unpaired) electrons. The molecule has 0 heterocycles. The first-order valence-electron chi connectivity index (χ1n) is 9.23. The van der Waals surface area contributed by atoms with Crippen LogP contribution in [0, 0.1) is 35.0 Å². The summed E-state index contributed by atoms with van der Waals surface area (Å²) < 4.78 is 0. The SMILES string of the molecule is CC1CC2(C)C(C)CCC2C2C(C)Cc3cc(O)ccc3C12. The lowest BCUT2D eigenvalue weighted by Gasteiger charge is -2.55. The highest BCUT2D eigenvalue weighted by Gasteiger charge is 2.57. The molecule has 7 atom stereocenters. The van der Waals surface area contributed by atoms with Crippen LogP contribution in [-0.2, 0) is 6.42 Å². The molecule has 2 saturated carbocycles. The molecule has 1 heteroatoms. The van der Waals surface area contributed by atoms with E-state index in [0.29, 0.717) is 17.1 Å². The fraction of sp³-hybridized carbons (Fsp3) is 0.714. The zero-order chi connectivity index (χ0) is 15.6. The molecule has 1 nitrogen and oxygen atoms in total. The molecule has 0 aromatic heterocycles. The first-order chi connectivity index (χ1) is 10.4. The van der Waals surface area contributed by atoms with Gasteiger partial charge in [-0.25, -0.2) is 0 Å². The average Bonchev–Trinajstić information content (AvgIpc) is 2.74. The predicted octanol–water partition coefficient (Wildman–Crippen LogP) is 5.38. The third-order valence-corrected chi connectivity index (χ3v) is 7.82. The van der Waals surface area contributed by atoms with E-state index in [1.807, 2.05) is 12.1 Å². The Kier molecular flexibility index (Phi) is 3.16. The first kappa shape index (κ1) is 14.6. The van der Waals surface area contributed by atoms with Crippen LogP contribution >= 0.6 is 0 Å². The molecule has 1 aromatic carbocycles. The highest BCUT2D eigenvalue weighted by Crippen LogP contribution is 2.65. The Labute approximate surface area is 135 Å². The smallest absolute Gasteiger partial charge is 0.115 e. The number of phenols is 1. The van der Waals surface area contributed by atoms with Gasteiger partial charge in [0.05, 0.1) is 0 Å². The maximum Gasteiger partial charge on any atom is 0.115 e. The van der Waals surface area contributed by atoms with Crippen molar-refractivity contribution in [1.29, 1.82) is 0 Å². The number of rotatable bonds is 0. The number of benzene rings is 1. The summed E-state index contributed by atoms with van der Waals surface area (Å²) >= 11 is 0. The largest absolute Gasteiger partial charge is 0.508 e. The van der Waals surface area contributed by atoms with Crippen LogP contribution in [0.4, 0.5) is 0 Å². The van der Waals surface area contributed by atoms with Gasteiger partial charge in [0.15, 0.2) is 0 Å². The van der Waals surface area contributed by atoms with E-state index in [4.69, 9.17) is 0 Å². The summed E-state index contributed by atoms with van der Waals surface area (Å²) in [6.45, 7) is 10.0. The number of fused-ring (bicyclic) bond motifs is 5. The lowest BCUT2D eigenvalue weighted by atomic mass is 9.49. The van der Waals surface area contributed by atoms with E-state index in [1.165, 1.54) is 24.8 Å². The lowest BCUT2D eigenvalue weighted by molar-refractivity contribution is -0.0201. The third kappa shape index (κ3) is 1.83. The van der Waals surface area contributed by atoms with Crippen LogP contribution < -0.4 is 0 Å². The molecule has 4 rings (SSSR count). The van der Waals surface area contributed by atoms with Crippen molar-refractivity contribution in [3.8, 4) is 5.75 Å². The Morgan fingerprint density at radius 3 is 2.64 bits per heavy atom. The number of phenolic OH excluding ortho intramolecular Hbond substituents is 1. The molecule has 3 aliphatic carbocycles. The van der Waals surface area contributed by atoms with Crippen LogP contribution in [0.15, 0.2) is 18.2 Å². The third-order valence-electron chi connectivity index (χ3n) is 7.82. The minimum absolute atomic E-state index is 0.437. The maximum atomic E-state index is 9.86. The number of aromatic hydroxyl groups is 1. The molecular formula is C21H30O. The monoisotopic (exact) mass is 298 g/mol. The van der Waals surface area contributed by atoms with Crippen molar-refractivity contribution in [2.24, 2.45) is 35.0 Å². The Bertz CT molecular complexity index is 592. The van der Waals surface area contributed by atoms with E-state index < -0.39 is 0 Å². The van der Waals surface area contributed by atoms with E-state index in [0.717, 1.165) is 36.0 Å². The van der Waals surface area contributed by atoms with Gasteiger partial charge >= 0.3 is 0 Å². The van der Waals surface area contributed by atoms with E-state index in [-0.39, 0.29) is 0 Å². The van der Waals surface area contributed by atoms with Gasteiger partial charge in [-0.15, -0.1) is 0 Å². The molecular weight excluding hydrogens is 268 g/mol. The molecule has 7 unspecified atom stereocenters. The lowest BCUT2D eigenvalue weighted by Crippen LogP contribution is -2.48. The summed E-state index contributed by atoms with van der Waals surface area (Å²) in [7, 11) is 0. The van der Waals surface area contributed by atoms with Gasteiger partial charge in [-0.3, -0.25) is 0 Å². The van der Waals surface area contributed by atoms with Crippen molar-refractivity contribution in [3.05, 3.63) is 29.3 Å². The fourth-order valence-electron chi connectivity index (χ4n) is 6.73. The van der Waals surface area contributed by atoms with E-state index in [2.05, 4.69) is 33.8 Å². The minimum Gasteiger partial charge on any atom is -0.508 e. The van der Waals surface area contributed by atoms with Gasteiger partial charge in [0.25, 0.3) is 0 Å². The molecule has 0 amide bonds. The summed E-state index contributed by atoms with van der Waals surface area (Å²) in [5, 5.41) is 9.86. The van der Waals surface area contributed by atoms with Crippen molar-refractivity contribution in [1.82, 2.24) is 0 Å². The van der Waals surface area contributed by atoms with E-state index >= 15 is 0 Å². The van der Waals surface area contributed by atoms with Gasteiger partial charge in [0, 0.05) is 0 Å².